The van der Waals surface area contributed by atoms with Crippen LogP contribution >= 0.6 is 24.0 Å². The first-order valence-electron chi connectivity index (χ1n) is 5.81. The molecule has 0 aliphatic rings. The van der Waals surface area contributed by atoms with E-state index in [4.69, 9.17) is 12.2 Å². The van der Waals surface area contributed by atoms with Crippen LogP contribution in [0.25, 0.3) is 0 Å². The highest BCUT2D eigenvalue weighted by Gasteiger charge is 2.26. The summed E-state index contributed by atoms with van der Waals surface area (Å²) in [5.74, 6) is 0. The van der Waals surface area contributed by atoms with Gasteiger partial charge in [-0.15, -0.1) is 0 Å². The van der Waals surface area contributed by atoms with Crippen molar-refractivity contribution < 1.29 is 0 Å². The van der Waals surface area contributed by atoms with E-state index >= 15 is 0 Å². The van der Waals surface area contributed by atoms with Crippen molar-refractivity contribution in [3.8, 4) is 6.07 Å². The molecule has 0 saturated carbocycles. The lowest BCUT2D eigenvalue weighted by Crippen LogP contribution is -2.19. The zero-order chi connectivity index (χ0) is 12.7. The Morgan fingerprint density at radius 1 is 1.41 bits per heavy atom. The van der Waals surface area contributed by atoms with E-state index in [2.05, 4.69) is 13.0 Å². The van der Waals surface area contributed by atoms with Crippen LogP contribution in [0, 0.1) is 11.3 Å². The van der Waals surface area contributed by atoms with Crippen molar-refractivity contribution in [1.82, 2.24) is 0 Å². The molecule has 0 aliphatic heterocycles. The molecule has 0 aromatic heterocycles. The van der Waals surface area contributed by atoms with Crippen LogP contribution in [0.4, 0.5) is 0 Å². The van der Waals surface area contributed by atoms with Gasteiger partial charge in [0.15, 0.2) is 0 Å². The Morgan fingerprint density at radius 2 is 2.06 bits per heavy atom. The first kappa shape index (κ1) is 14.2. The van der Waals surface area contributed by atoms with E-state index in [0.717, 1.165) is 29.0 Å². The lowest BCUT2D eigenvalue weighted by atomic mass is 10.1. The van der Waals surface area contributed by atoms with Gasteiger partial charge >= 0.3 is 0 Å². The molecular formula is C14H17NS2. The summed E-state index contributed by atoms with van der Waals surface area (Å²) in [7, 11) is 0. The molecule has 0 fully saturated rings. The van der Waals surface area contributed by atoms with Crippen molar-refractivity contribution in [2.75, 3.05) is 0 Å². The van der Waals surface area contributed by atoms with E-state index in [1.54, 1.807) is 0 Å². The highest BCUT2D eigenvalue weighted by Crippen LogP contribution is 2.33. The van der Waals surface area contributed by atoms with Crippen molar-refractivity contribution in [2.45, 2.75) is 37.9 Å². The fraction of sp³-hybridized carbons (Fsp3) is 0.429. The van der Waals surface area contributed by atoms with E-state index in [1.165, 1.54) is 11.8 Å². The van der Waals surface area contributed by atoms with Crippen molar-refractivity contribution in [2.24, 2.45) is 0 Å². The number of nitrogens with zero attached hydrogens (tertiary/aromatic N) is 1. The molecule has 0 amide bonds. The average molecular weight is 263 g/mol. The fourth-order valence-electron chi connectivity index (χ4n) is 1.48. The van der Waals surface area contributed by atoms with Gasteiger partial charge in [0, 0.05) is 0 Å². The first-order chi connectivity index (χ1) is 8.11. The number of thioether (sulfide) groups is 1. The third-order valence-electron chi connectivity index (χ3n) is 2.57. The summed E-state index contributed by atoms with van der Waals surface area (Å²) in [5, 5.41) is 9.28. The van der Waals surface area contributed by atoms with Gasteiger partial charge in [0.2, 0.25) is 0 Å². The molecule has 0 bridgehead atoms. The molecule has 0 N–H and O–H groups in total. The first-order valence-corrected chi connectivity index (χ1v) is 7.03. The Bertz CT molecular complexity index is 408. The molecule has 0 radical (unpaired) electrons. The van der Waals surface area contributed by atoms with Crippen LogP contribution in [0.15, 0.2) is 30.3 Å². The Kier molecular flexibility index (Phi) is 5.67. The van der Waals surface area contributed by atoms with E-state index in [9.17, 15) is 5.26 Å². The highest BCUT2D eigenvalue weighted by atomic mass is 32.2. The van der Waals surface area contributed by atoms with Gasteiger partial charge in [-0.2, -0.15) is 5.26 Å². The molecule has 1 unspecified atom stereocenters. The van der Waals surface area contributed by atoms with E-state index in [1.807, 2.05) is 37.3 Å². The van der Waals surface area contributed by atoms with Crippen molar-refractivity contribution >= 4 is 28.2 Å². The van der Waals surface area contributed by atoms with E-state index in [-0.39, 0.29) is 0 Å². The van der Waals surface area contributed by atoms with Crippen LogP contribution in [0.5, 0.6) is 0 Å². The topological polar surface area (TPSA) is 23.8 Å². The molecule has 17 heavy (non-hydrogen) atoms. The Hall–Kier alpha value is -0.850. The summed E-state index contributed by atoms with van der Waals surface area (Å²) in [4.78, 5) is 0. The van der Waals surface area contributed by atoms with Crippen LogP contribution in [0.3, 0.4) is 0 Å². The molecule has 0 aliphatic carbocycles. The number of rotatable bonds is 5. The second-order valence-electron chi connectivity index (χ2n) is 4.20. The average Bonchev–Trinajstić information content (AvgIpc) is 2.37. The number of benzene rings is 1. The van der Waals surface area contributed by atoms with E-state index < -0.39 is 4.75 Å². The fourth-order valence-corrected chi connectivity index (χ4v) is 3.12. The van der Waals surface area contributed by atoms with Gasteiger partial charge in [-0.05, 0) is 18.9 Å². The number of thiocarbonyl (C=S) groups is 1. The monoisotopic (exact) mass is 263 g/mol. The van der Waals surface area contributed by atoms with Gasteiger partial charge < -0.3 is 0 Å². The zero-order valence-electron chi connectivity index (χ0n) is 10.3. The second-order valence-corrected chi connectivity index (χ2v) is 6.38. The maximum atomic E-state index is 9.28. The third kappa shape index (κ3) is 4.49. The Labute approximate surface area is 113 Å². The normalized spacial score (nSPS) is 13.7. The molecule has 1 atom stereocenters. The summed E-state index contributed by atoms with van der Waals surface area (Å²) in [6.45, 7) is 4.11. The minimum absolute atomic E-state index is 0.400. The molecule has 1 rings (SSSR count). The molecule has 1 aromatic carbocycles. The molecule has 3 heteroatoms. The van der Waals surface area contributed by atoms with Crippen molar-refractivity contribution in [3.05, 3.63) is 35.9 Å². The molecule has 90 valence electrons. The van der Waals surface area contributed by atoms with Gasteiger partial charge in [-0.25, -0.2) is 0 Å². The minimum atomic E-state index is -0.400. The summed E-state index contributed by atoms with van der Waals surface area (Å²) < 4.78 is 0.411. The third-order valence-corrected chi connectivity index (χ3v) is 4.22. The quantitative estimate of drug-likeness (QED) is 0.727. The van der Waals surface area contributed by atoms with Gasteiger partial charge in [-0.3, -0.25) is 0 Å². The Morgan fingerprint density at radius 3 is 2.59 bits per heavy atom. The maximum Gasteiger partial charge on any atom is 0.105 e. The molecular weight excluding hydrogens is 246 g/mol. The summed E-state index contributed by atoms with van der Waals surface area (Å²) in [6, 6.07) is 12.3. The van der Waals surface area contributed by atoms with Crippen molar-refractivity contribution in [3.63, 3.8) is 0 Å². The van der Waals surface area contributed by atoms with Crippen LogP contribution in [0.2, 0.25) is 0 Å². The largest absolute Gasteiger partial charge is 0.197 e. The lowest BCUT2D eigenvalue weighted by Gasteiger charge is -2.20. The van der Waals surface area contributed by atoms with Crippen LogP contribution in [-0.4, -0.2) is 8.94 Å². The molecule has 1 nitrogen and oxygen atoms in total. The van der Waals surface area contributed by atoms with E-state index in [0.29, 0.717) is 0 Å². The number of hydrogen-bond donors (Lipinski definition) is 0. The number of hydrogen-bond acceptors (Lipinski definition) is 3. The predicted molar refractivity (Wildman–Crippen MR) is 79.3 cm³/mol. The van der Waals surface area contributed by atoms with Gasteiger partial charge in [-0.1, -0.05) is 74.1 Å². The van der Waals surface area contributed by atoms with Gasteiger partial charge in [0.1, 0.15) is 4.75 Å². The highest BCUT2D eigenvalue weighted by molar-refractivity contribution is 8.24. The summed E-state index contributed by atoms with van der Waals surface area (Å²) in [6.07, 6.45) is 3.06. The van der Waals surface area contributed by atoms with Crippen LogP contribution in [0.1, 0.15) is 38.7 Å². The standard InChI is InChI=1S/C14H17NS2/c1-3-4-10-14(2,11-15)17-13(16)12-8-6-5-7-9-12/h5-9H,3-4,10H2,1-2H3. The smallest absolute Gasteiger partial charge is 0.105 e. The van der Waals surface area contributed by atoms with Gasteiger partial charge in [0.25, 0.3) is 0 Å². The molecule has 1 aromatic rings. The minimum Gasteiger partial charge on any atom is -0.197 e. The Balaban J connectivity index is 2.70. The number of unbranched alkanes of at least 4 members (excludes halogenated alkanes) is 1. The second kappa shape index (κ2) is 6.78. The molecule has 0 saturated heterocycles. The summed E-state index contributed by atoms with van der Waals surface area (Å²) >= 11 is 6.91. The van der Waals surface area contributed by atoms with Crippen LogP contribution < -0.4 is 0 Å². The maximum absolute atomic E-state index is 9.28. The van der Waals surface area contributed by atoms with Gasteiger partial charge in [0.05, 0.1) is 10.3 Å². The zero-order valence-corrected chi connectivity index (χ0v) is 11.9. The summed E-state index contributed by atoms with van der Waals surface area (Å²) in [5.41, 5.74) is 1.03. The van der Waals surface area contributed by atoms with Crippen LogP contribution in [-0.2, 0) is 0 Å². The molecule has 0 heterocycles. The number of nitriles is 1. The lowest BCUT2D eigenvalue weighted by molar-refractivity contribution is 0.647. The molecule has 0 spiro atoms. The predicted octanol–water partition coefficient (Wildman–Crippen LogP) is 4.57. The SMILES string of the molecule is CCCCC(C)(C#N)SC(=S)c1ccccc1. The van der Waals surface area contributed by atoms with Crippen molar-refractivity contribution in [1.29, 1.82) is 5.26 Å².